The zero-order valence-corrected chi connectivity index (χ0v) is 14.2. The van der Waals surface area contributed by atoms with Gasteiger partial charge in [-0.2, -0.15) is 0 Å². The van der Waals surface area contributed by atoms with Crippen molar-refractivity contribution in [3.63, 3.8) is 0 Å². The lowest BCUT2D eigenvalue weighted by Gasteiger charge is -2.00. The average molecular weight is 350 g/mol. The first-order valence-corrected chi connectivity index (χ1v) is 8.76. The van der Waals surface area contributed by atoms with Crippen molar-refractivity contribution in [2.75, 3.05) is 6.26 Å². The van der Waals surface area contributed by atoms with Gasteiger partial charge in [0.15, 0.2) is 11.5 Å². The number of carbonyl (C=O) groups excluding carboxylic acids is 3. The quantitative estimate of drug-likeness (QED) is 0.377. The van der Waals surface area contributed by atoms with E-state index in [-0.39, 0.29) is 22.9 Å². The van der Waals surface area contributed by atoms with Crippen LogP contribution in [0.3, 0.4) is 0 Å². The van der Waals surface area contributed by atoms with E-state index in [1.165, 1.54) is 17.8 Å². The molecule has 1 heterocycles. The fourth-order valence-electron chi connectivity index (χ4n) is 2.35. The third-order valence-corrected chi connectivity index (χ3v) is 4.37. The number of hydrogen-bond acceptors (Lipinski definition) is 5. The van der Waals surface area contributed by atoms with Crippen LogP contribution < -0.4 is 0 Å². The van der Waals surface area contributed by atoms with Crippen molar-refractivity contribution in [2.24, 2.45) is 0 Å². The monoisotopic (exact) mass is 350 g/mol. The Morgan fingerprint density at radius 2 is 1.36 bits per heavy atom. The molecule has 3 aromatic rings. The van der Waals surface area contributed by atoms with Gasteiger partial charge in [0.2, 0.25) is 11.6 Å². The summed E-state index contributed by atoms with van der Waals surface area (Å²) in [5, 5.41) is 0. The SMILES string of the molecule is CSc1cc(C(=O)C(=O)c2ccccc2)oc1C(=O)c1ccccc1. The molecule has 0 unspecified atom stereocenters. The van der Waals surface area contributed by atoms with Crippen LogP contribution in [-0.4, -0.2) is 23.6 Å². The molecule has 0 saturated carbocycles. The van der Waals surface area contributed by atoms with Gasteiger partial charge in [-0.1, -0.05) is 60.7 Å². The smallest absolute Gasteiger partial charge is 0.268 e. The number of carbonyl (C=O) groups is 3. The molecule has 0 atom stereocenters. The summed E-state index contributed by atoms with van der Waals surface area (Å²) in [7, 11) is 0. The van der Waals surface area contributed by atoms with E-state index < -0.39 is 11.6 Å². The van der Waals surface area contributed by atoms with E-state index in [2.05, 4.69) is 0 Å². The molecule has 5 heteroatoms. The third kappa shape index (κ3) is 3.46. The Kier molecular flexibility index (Phi) is 4.95. The van der Waals surface area contributed by atoms with Gasteiger partial charge in [0.05, 0.1) is 4.90 Å². The molecular weight excluding hydrogens is 336 g/mol. The molecule has 1 aromatic heterocycles. The first kappa shape index (κ1) is 16.9. The molecule has 25 heavy (non-hydrogen) atoms. The number of rotatable bonds is 6. The van der Waals surface area contributed by atoms with Gasteiger partial charge >= 0.3 is 0 Å². The van der Waals surface area contributed by atoms with Gasteiger partial charge in [-0.3, -0.25) is 14.4 Å². The van der Waals surface area contributed by atoms with Crippen molar-refractivity contribution in [3.8, 4) is 0 Å². The topological polar surface area (TPSA) is 64.3 Å². The van der Waals surface area contributed by atoms with E-state index >= 15 is 0 Å². The normalized spacial score (nSPS) is 10.4. The zero-order chi connectivity index (χ0) is 17.8. The summed E-state index contributed by atoms with van der Waals surface area (Å²) in [6, 6.07) is 18.4. The summed E-state index contributed by atoms with van der Waals surface area (Å²) in [5.41, 5.74) is 0.742. The number of hydrogen-bond donors (Lipinski definition) is 0. The summed E-state index contributed by atoms with van der Waals surface area (Å²) in [6.45, 7) is 0. The first-order chi connectivity index (χ1) is 12.1. The molecule has 4 nitrogen and oxygen atoms in total. The van der Waals surface area contributed by atoms with Crippen LogP contribution in [-0.2, 0) is 0 Å². The minimum absolute atomic E-state index is 0.0721. The van der Waals surface area contributed by atoms with Crippen molar-refractivity contribution in [1.82, 2.24) is 0 Å². The summed E-state index contributed by atoms with van der Waals surface area (Å²) in [4.78, 5) is 37.8. The number of ketones is 3. The predicted octanol–water partition coefficient (Wildman–Crippen LogP) is 4.30. The highest BCUT2D eigenvalue weighted by Gasteiger charge is 2.26. The summed E-state index contributed by atoms with van der Waals surface area (Å²) >= 11 is 1.29. The van der Waals surface area contributed by atoms with Gasteiger partial charge in [-0.05, 0) is 6.26 Å². The van der Waals surface area contributed by atoms with Gasteiger partial charge in [-0.15, -0.1) is 11.8 Å². The van der Waals surface area contributed by atoms with E-state index in [0.29, 0.717) is 10.5 Å². The average Bonchev–Trinajstić information content (AvgIpc) is 3.12. The van der Waals surface area contributed by atoms with Crippen LogP contribution in [0.25, 0.3) is 0 Å². The van der Waals surface area contributed by atoms with Crippen molar-refractivity contribution >= 4 is 29.1 Å². The molecule has 0 saturated heterocycles. The number of furan rings is 1. The molecule has 3 rings (SSSR count). The van der Waals surface area contributed by atoms with Crippen molar-refractivity contribution in [3.05, 3.63) is 89.4 Å². The maximum Gasteiger partial charge on any atom is 0.268 e. The molecule has 0 spiro atoms. The standard InChI is InChI=1S/C20H14O4S/c1-25-16-12-15(19(23)17(21)13-8-4-2-5-9-13)24-20(16)18(22)14-10-6-3-7-11-14/h2-12H,1H3. The lowest BCUT2D eigenvalue weighted by Crippen LogP contribution is -2.13. The second kappa shape index (κ2) is 7.32. The van der Waals surface area contributed by atoms with Gasteiger partial charge in [0, 0.05) is 17.2 Å². The lowest BCUT2D eigenvalue weighted by atomic mass is 10.1. The zero-order valence-electron chi connectivity index (χ0n) is 13.4. The Morgan fingerprint density at radius 3 is 1.92 bits per heavy atom. The largest absolute Gasteiger partial charge is 0.448 e. The molecule has 124 valence electrons. The fraction of sp³-hybridized carbons (Fsp3) is 0.0500. The molecule has 0 bridgehead atoms. The van der Waals surface area contributed by atoms with Crippen LogP contribution in [0.4, 0.5) is 0 Å². The molecule has 0 aliphatic carbocycles. The van der Waals surface area contributed by atoms with Crippen LogP contribution in [0, 0.1) is 0 Å². The molecule has 0 amide bonds. The fourth-order valence-corrected chi connectivity index (χ4v) is 2.89. The number of Topliss-reactive ketones (excluding diaryl/α,β-unsaturated/α-hetero) is 2. The van der Waals surface area contributed by atoms with E-state index in [9.17, 15) is 14.4 Å². The summed E-state index contributed by atoms with van der Waals surface area (Å²) in [6.07, 6.45) is 1.78. The Hall–Kier alpha value is -2.92. The Morgan fingerprint density at radius 1 is 0.800 bits per heavy atom. The van der Waals surface area contributed by atoms with E-state index in [1.807, 2.05) is 6.07 Å². The summed E-state index contributed by atoms with van der Waals surface area (Å²) < 4.78 is 5.49. The molecular formula is C20H14O4S. The maximum absolute atomic E-state index is 12.6. The first-order valence-electron chi connectivity index (χ1n) is 7.53. The minimum atomic E-state index is -0.770. The second-order valence-corrected chi connectivity index (χ2v) is 6.08. The van der Waals surface area contributed by atoms with Crippen molar-refractivity contribution in [1.29, 1.82) is 0 Å². The van der Waals surface area contributed by atoms with Crippen LogP contribution in [0.1, 0.15) is 37.0 Å². The Balaban J connectivity index is 1.94. The highest BCUT2D eigenvalue weighted by atomic mass is 32.2. The minimum Gasteiger partial charge on any atom is -0.448 e. The Labute approximate surface area is 148 Å². The van der Waals surface area contributed by atoms with Gasteiger partial charge < -0.3 is 4.42 Å². The highest BCUT2D eigenvalue weighted by Crippen LogP contribution is 2.27. The maximum atomic E-state index is 12.6. The molecule has 0 N–H and O–H groups in total. The predicted molar refractivity (Wildman–Crippen MR) is 95.5 cm³/mol. The van der Waals surface area contributed by atoms with Crippen molar-refractivity contribution < 1.29 is 18.8 Å². The lowest BCUT2D eigenvalue weighted by molar-refractivity contribution is 0.0798. The molecule has 0 fully saturated rings. The third-order valence-electron chi connectivity index (χ3n) is 3.63. The van der Waals surface area contributed by atoms with Crippen LogP contribution >= 0.6 is 11.8 Å². The van der Waals surface area contributed by atoms with Crippen LogP contribution in [0.2, 0.25) is 0 Å². The highest BCUT2D eigenvalue weighted by molar-refractivity contribution is 7.98. The number of benzene rings is 2. The van der Waals surface area contributed by atoms with Crippen molar-refractivity contribution in [2.45, 2.75) is 4.90 Å². The van der Waals surface area contributed by atoms with E-state index in [1.54, 1.807) is 60.9 Å². The molecule has 0 aliphatic heterocycles. The second-order valence-electron chi connectivity index (χ2n) is 5.23. The summed E-state index contributed by atoms with van der Waals surface area (Å²) in [5.74, 6) is -1.81. The van der Waals surface area contributed by atoms with Crippen LogP contribution in [0.15, 0.2) is 76.0 Å². The van der Waals surface area contributed by atoms with Crippen LogP contribution in [0.5, 0.6) is 0 Å². The molecule has 0 aliphatic rings. The van der Waals surface area contributed by atoms with Gasteiger partial charge in [-0.25, -0.2) is 0 Å². The van der Waals surface area contributed by atoms with E-state index in [0.717, 1.165) is 0 Å². The van der Waals surface area contributed by atoms with E-state index in [4.69, 9.17) is 4.42 Å². The van der Waals surface area contributed by atoms with Gasteiger partial charge in [0.1, 0.15) is 0 Å². The van der Waals surface area contributed by atoms with Gasteiger partial charge in [0.25, 0.3) is 5.78 Å². The number of thioether (sulfide) groups is 1. The Bertz CT molecular complexity index is 927. The molecule has 0 radical (unpaired) electrons. The molecule has 2 aromatic carbocycles.